The average Bonchev–Trinajstić information content (AvgIpc) is 2.77. The summed E-state index contributed by atoms with van der Waals surface area (Å²) in [7, 11) is 0. The second kappa shape index (κ2) is 5.21. The molecule has 0 aliphatic rings. The van der Waals surface area contributed by atoms with Gasteiger partial charge in [-0.2, -0.15) is 0 Å². The summed E-state index contributed by atoms with van der Waals surface area (Å²) in [6, 6.07) is 8.88. The van der Waals surface area contributed by atoms with Crippen molar-refractivity contribution in [2.45, 2.75) is 6.61 Å². The van der Waals surface area contributed by atoms with E-state index in [0.717, 1.165) is 16.9 Å². The number of halogens is 1. The third kappa shape index (κ3) is 2.99. The van der Waals surface area contributed by atoms with Gasteiger partial charge in [-0.3, -0.25) is 0 Å². The molecule has 3 nitrogen and oxygen atoms in total. The number of carboxylic acid groups (broad SMARTS) is 1. The van der Waals surface area contributed by atoms with Crippen LogP contribution in [-0.4, -0.2) is 11.1 Å². The van der Waals surface area contributed by atoms with Crippen molar-refractivity contribution in [1.82, 2.24) is 0 Å². The highest BCUT2D eigenvalue weighted by atomic mass is 35.5. The molecule has 5 heteroatoms. The zero-order valence-electron chi connectivity index (χ0n) is 8.72. The minimum Gasteiger partial charge on any atom is -0.488 e. The molecule has 0 saturated carbocycles. The van der Waals surface area contributed by atoms with Crippen molar-refractivity contribution < 1.29 is 14.6 Å². The maximum atomic E-state index is 10.7. The van der Waals surface area contributed by atoms with Crippen molar-refractivity contribution >= 4 is 28.9 Å². The standard InChI is InChI=1S/C12H9ClO3S/c13-10-4-2-1-3-8(10)6-16-9-5-11(12(14)15)17-7-9/h1-5,7H,6H2,(H,14,15). The van der Waals surface area contributed by atoms with Crippen LogP contribution in [0.2, 0.25) is 5.02 Å². The first-order valence-electron chi connectivity index (χ1n) is 4.85. The van der Waals surface area contributed by atoms with Gasteiger partial charge in [-0.05, 0) is 6.07 Å². The fraction of sp³-hybridized carbons (Fsp3) is 0.0833. The Morgan fingerprint density at radius 3 is 2.82 bits per heavy atom. The van der Waals surface area contributed by atoms with Gasteiger partial charge >= 0.3 is 5.97 Å². The lowest BCUT2D eigenvalue weighted by atomic mass is 10.2. The van der Waals surface area contributed by atoms with Gasteiger partial charge in [0.2, 0.25) is 0 Å². The zero-order valence-corrected chi connectivity index (χ0v) is 10.3. The summed E-state index contributed by atoms with van der Waals surface area (Å²) in [4.78, 5) is 10.9. The SMILES string of the molecule is O=C(O)c1cc(OCc2ccccc2Cl)cs1. The molecule has 1 aromatic carbocycles. The number of aromatic carboxylic acids is 1. The van der Waals surface area contributed by atoms with E-state index in [1.54, 1.807) is 11.4 Å². The fourth-order valence-electron chi connectivity index (χ4n) is 1.28. The van der Waals surface area contributed by atoms with Gasteiger partial charge in [0.25, 0.3) is 0 Å². The van der Waals surface area contributed by atoms with E-state index in [1.807, 2.05) is 18.2 Å². The highest BCUT2D eigenvalue weighted by Crippen LogP contribution is 2.23. The zero-order chi connectivity index (χ0) is 12.3. The van der Waals surface area contributed by atoms with Crippen molar-refractivity contribution in [3.05, 3.63) is 51.2 Å². The van der Waals surface area contributed by atoms with E-state index in [-0.39, 0.29) is 4.88 Å². The molecule has 0 atom stereocenters. The smallest absolute Gasteiger partial charge is 0.346 e. The summed E-state index contributed by atoms with van der Waals surface area (Å²) >= 11 is 7.11. The average molecular weight is 269 g/mol. The fourth-order valence-corrected chi connectivity index (χ4v) is 2.14. The van der Waals surface area contributed by atoms with Gasteiger partial charge in [0.1, 0.15) is 17.2 Å². The van der Waals surface area contributed by atoms with Crippen LogP contribution in [-0.2, 0) is 6.61 Å². The predicted octanol–water partition coefficient (Wildman–Crippen LogP) is 3.68. The molecule has 1 aromatic heterocycles. The normalized spacial score (nSPS) is 10.2. The number of benzene rings is 1. The van der Waals surface area contributed by atoms with Crippen LogP contribution in [0.3, 0.4) is 0 Å². The molecule has 2 aromatic rings. The number of carbonyl (C=O) groups is 1. The maximum Gasteiger partial charge on any atom is 0.346 e. The Kier molecular flexibility index (Phi) is 3.66. The molecule has 0 aliphatic carbocycles. The number of ether oxygens (including phenoxy) is 1. The molecule has 0 amide bonds. The van der Waals surface area contributed by atoms with Crippen molar-refractivity contribution in [2.75, 3.05) is 0 Å². The lowest BCUT2D eigenvalue weighted by Gasteiger charge is -2.05. The highest BCUT2D eigenvalue weighted by molar-refractivity contribution is 7.12. The number of hydrogen-bond acceptors (Lipinski definition) is 3. The summed E-state index contributed by atoms with van der Waals surface area (Å²) in [5, 5.41) is 11.1. The van der Waals surface area contributed by atoms with Crippen LogP contribution in [0.25, 0.3) is 0 Å². The van der Waals surface area contributed by atoms with Crippen LogP contribution in [0.1, 0.15) is 15.2 Å². The Labute approximate surface area is 107 Å². The van der Waals surface area contributed by atoms with E-state index in [0.29, 0.717) is 17.4 Å². The molecule has 0 fully saturated rings. The van der Waals surface area contributed by atoms with Gasteiger partial charge < -0.3 is 9.84 Å². The molecular weight excluding hydrogens is 260 g/mol. The summed E-state index contributed by atoms with van der Waals surface area (Å²) in [5.41, 5.74) is 0.872. The topological polar surface area (TPSA) is 46.5 Å². The van der Waals surface area contributed by atoms with E-state index in [1.165, 1.54) is 6.07 Å². The summed E-state index contributed by atoms with van der Waals surface area (Å²) in [6.45, 7) is 0.329. The Balaban J connectivity index is 2.02. The summed E-state index contributed by atoms with van der Waals surface area (Å²) < 4.78 is 5.47. The van der Waals surface area contributed by atoms with Gasteiger partial charge in [0, 0.05) is 22.0 Å². The first-order chi connectivity index (χ1) is 8.16. The monoisotopic (exact) mass is 268 g/mol. The number of thiophene rings is 1. The minimum atomic E-state index is -0.942. The second-order valence-electron chi connectivity index (χ2n) is 3.33. The van der Waals surface area contributed by atoms with Gasteiger partial charge in [0.05, 0.1) is 0 Å². The molecule has 0 saturated heterocycles. The number of carboxylic acids is 1. The van der Waals surface area contributed by atoms with Crippen LogP contribution in [0.4, 0.5) is 0 Å². The minimum absolute atomic E-state index is 0.263. The van der Waals surface area contributed by atoms with E-state index >= 15 is 0 Å². The lowest BCUT2D eigenvalue weighted by Crippen LogP contribution is -1.95. The third-order valence-electron chi connectivity index (χ3n) is 2.14. The highest BCUT2D eigenvalue weighted by Gasteiger charge is 2.08. The largest absolute Gasteiger partial charge is 0.488 e. The van der Waals surface area contributed by atoms with Gasteiger partial charge in [0.15, 0.2) is 0 Å². The van der Waals surface area contributed by atoms with E-state index < -0.39 is 5.97 Å². The summed E-state index contributed by atoms with van der Waals surface area (Å²) in [6.07, 6.45) is 0. The molecular formula is C12H9ClO3S. The van der Waals surface area contributed by atoms with Gasteiger partial charge in [-0.1, -0.05) is 29.8 Å². The van der Waals surface area contributed by atoms with Gasteiger partial charge in [-0.25, -0.2) is 4.79 Å². The van der Waals surface area contributed by atoms with Gasteiger partial charge in [-0.15, -0.1) is 11.3 Å². The quantitative estimate of drug-likeness (QED) is 0.920. The Morgan fingerprint density at radius 1 is 1.41 bits per heavy atom. The first kappa shape index (κ1) is 12.0. The van der Waals surface area contributed by atoms with Crippen molar-refractivity contribution in [3.8, 4) is 5.75 Å². The lowest BCUT2D eigenvalue weighted by molar-refractivity contribution is 0.0702. The van der Waals surface area contributed by atoms with Crippen molar-refractivity contribution in [3.63, 3.8) is 0 Å². The van der Waals surface area contributed by atoms with Crippen LogP contribution in [0.15, 0.2) is 35.7 Å². The molecule has 1 heterocycles. The Hall–Kier alpha value is -1.52. The van der Waals surface area contributed by atoms with Crippen molar-refractivity contribution in [1.29, 1.82) is 0 Å². The molecule has 0 radical (unpaired) electrons. The molecule has 0 spiro atoms. The Morgan fingerprint density at radius 2 is 2.18 bits per heavy atom. The molecule has 1 N–H and O–H groups in total. The van der Waals surface area contributed by atoms with Crippen LogP contribution in [0, 0.1) is 0 Å². The second-order valence-corrected chi connectivity index (χ2v) is 4.65. The third-order valence-corrected chi connectivity index (χ3v) is 3.40. The van der Waals surface area contributed by atoms with Crippen LogP contribution >= 0.6 is 22.9 Å². The molecule has 0 aliphatic heterocycles. The van der Waals surface area contributed by atoms with Crippen LogP contribution < -0.4 is 4.74 Å². The molecule has 0 unspecified atom stereocenters. The summed E-state index contributed by atoms with van der Waals surface area (Å²) in [5.74, 6) is -0.394. The molecule has 2 rings (SSSR count). The maximum absolute atomic E-state index is 10.7. The Bertz CT molecular complexity index is 536. The van der Waals surface area contributed by atoms with Crippen LogP contribution in [0.5, 0.6) is 5.75 Å². The molecule has 17 heavy (non-hydrogen) atoms. The van der Waals surface area contributed by atoms with E-state index in [9.17, 15) is 4.79 Å². The van der Waals surface area contributed by atoms with E-state index in [4.69, 9.17) is 21.4 Å². The number of hydrogen-bond donors (Lipinski definition) is 1. The van der Waals surface area contributed by atoms with E-state index in [2.05, 4.69) is 0 Å². The molecule has 88 valence electrons. The predicted molar refractivity (Wildman–Crippen MR) is 67.1 cm³/mol. The molecule has 0 bridgehead atoms. The van der Waals surface area contributed by atoms with Crippen molar-refractivity contribution in [2.24, 2.45) is 0 Å². The number of rotatable bonds is 4. The first-order valence-corrected chi connectivity index (χ1v) is 6.10.